The summed E-state index contributed by atoms with van der Waals surface area (Å²) in [5.41, 5.74) is 3.27. The summed E-state index contributed by atoms with van der Waals surface area (Å²) in [7, 11) is 0. The van der Waals surface area contributed by atoms with Crippen molar-refractivity contribution in [2.45, 2.75) is 13.0 Å². The maximum Gasteiger partial charge on any atom is 0.197 e. The molecule has 0 atom stereocenters. The highest BCUT2D eigenvalue weighted by Gasteiger charge is 2.32. The number of Topliss-reactive ketones (excluding diaryl/α,β-unsaturated/α-hetero) is 2. The predicted molar refractivity (Wildman–Crippen MR) is 101 cm³/mol. The summed E-state index contributed by atoms with van der Waals surface area (Å²) in [6.07, 6.45) is 3.72. The first-order valence-corrected chi connectivity index (χ1v) is 8.59. The molecule has 3 aromatic rings. The molecule has 1 aromatic heterocycles. The normalized spacial score (nSPS) is 12.8. The van der Waals surface area contributed by atoms with Crippen molar-refractivity contribution in [1.29, 1.82) is 5.26 Å². The lowest BCUT2D eigenvalue weighted by Gasteiger charge is -1.99. The molecule has 27 heavy (non-hydrogen) atoms. The molecule has 0 spiro atoms. The van der Waals surface area contributed by atoms with Gasteiger partial charge in [-0.25, -0.2) is 0 Å². The fourth-order valence-corrected chi connectivity index (χ4v) is 3.20. The Morgan fingerprint density at radius 3 is 2.22 bits per heavy atom. The Morgan fingerprint density at radius 2 is 1.59 bits per heavy atom. The summed E-state index contributed by atoms with van der Waals surface area (Å²) in [6.45, 7) is 0.446. The smallest absolute Gasteiger partial charge is 0.197 e. The zero-order valence-corrected chi connectivity index (χ0v) is 14.4. The number of benzene rings is 2. The van der Waals surface area contributed by atoms with Crippen LogP contribution in [0.5, 0.6) is 0 Å². The maximum atomic E-state index is 12.7. The summed E-state index contributed by atoms with van der Waals surface area (Å²) < 4.78 is 1.68. The number of fused-ring (bicyclic) bond motifs is 1. The Hall–Kier alpha value is -3.78. The molecule has 0 amide bonds. The number of hydrogen-bond donors (Lipinski definition) is 0. The lowest BCUT2D eigenvalue weighted by Crippen LogP contribution is -2.00. The number of ketones is 2. The van der Waals surface area contributed by atoms with Gasteiger partial charge in [0.25, 0.3) is 0 Å². The molecule has 130 valence electrons. The van der Waals surface area contributed by atoms with E-state index in [1.54, 1.807) is 41.2 Å². The van der Waals surface area contributed by atoms with Crippen LogP contribution in [-0.2, 0) is 6.54 Å². The average Bonchev–Trinajstić information content (AvgIpc) is 3.22. The van der Waals surface area contributed by atoms with Gasteiger partial charge in [-0.15, -0.1) is 0 Å². The molecule has 0 saturated heterocycles. The van der Waals surface area contributed by atoms with E-state index in [1.165, 1.54) is 0 Å². The molecule has 1 aliphatic rings. The molecule has 0 N–H and O–H groups in total. The van der Waals surface area contributed by atoms with Crippen LogP contribution < -0.4 is 0 Å². The van der Waals surface area contributed by atoms with Crippen LogP contribution in [-0.4, -0.2) is 21.3 Å². The van der Waals surface area contributed by atoms with Gasteiger partial charge in [0, 0.05) is 28.5 Å². The molecule has 5 heteroatoms. The lowest BCUT2D eigenvalue weighted by atomic mass is 10.0. The Kier molecular flexibility index (Phi) is 4.23. The Bertz CT molecular complexity index is 1080. The van der Waals surface area contributed by atoms with Gasteiger partial charge in [0.05, 0.1) is 30.3 Å². The van der Waals surface area contributed by atoms with E-state index >= 15 is 0 Å². The van der Waals surface area contributed by atoms with E-state index in [1.807, 2.05) is 30.3 Å². The number of aryl methyl sites for hydroxylation is 1. The number of carbonyl (C=O) groups is 2. The van der Waals surface area contributed by atoms with Crippen LogP contribution >= 0.6 is 0 Å². The molecule has 2 aromatic carbocycles. The van der Waals surface area contributed by atoms with Crippen molar-refractivity contribution in [3.63, 3.8) is 0 Å². The van der Waals surface area contributed by atoms with Crippen LogP contribution in [0.3, 0.4) is 0 Å². The lowest BCUT2D eigenvalue weighted by molar-refractivity contribution is 0.0990. The van der Waals surface area contributed by atoms with Crippen LogP contribution in [0.25, 0.3) is 17.3 Å². The first-order chi connectivity index (χ1) is 13.2. The second kappa shape index (κ2) is 6.85. The zero-order chi connectivity index (χ0) is 18.8. The van der Waals surface area contributed by atoms with Gasteiger partial charge in [-0.2, -0.15) is 10.4 Å². The SMILES string of the molecule is N#CCCn1cc(C=C2C(=O)c3ccccc3C2=O)c(-c2ccccc2)n1. The van der Waals surface area contributed by atoms with Crippen LogP contribution in [0.4, 0.5) is 0 Å². The van der Waals surface area contributed by atoms with E-state index < -0.39 is 0 Å². The molecule has 0 aliphatic heterocycles. The van der Waals surface area contributed by atoms with Crippen LogP contribution in [0.2, 0.25) is 0 Å². The average molecular weight is 353 g/mol. The number of hydrogen-bond acceptors (Lipinski definition) is 4. The highest BCUT2D eigenvalue weighted by atomic mass is 16.2. The Morgan fingerprint density at radius 1 is 0.963 bits per heavy atom. The monoisotopic (exact) mass is 353 g/mol. The molecular weight excluding hydrogens is 338 g/mol. The van der Waals surface area contributed by atoms with Crippen molar-refractivity contribution >= 4 is 17.6 Å². The third kappa shape index (κ3) is 2.98. The van der Waals surface area contributed by atoms with Crippen LogP contribution in [0, 0.1) is 11.3 Å². The third-order valence-corrected chi connectivity index (χ3v) is 4.50. The molecule has 5 nitrogen and oxygen atoms in total. The van der Waals surface area contributed by atoms with Gasteiger partial charge in [-0.05, 0) is 6.08 Å². The number of nitrogens with zero attached hydrogens (tertiary/aromatic N) is 3. The highest BCUT2D eigenvalue weighted by molar-refractivity contribution is 6.41. The molecule has 1 heterocycles. The topological polar surface area (TPSA) is 75.8 Å². The summed E-state index contributed by atoms with van der Waals surface area (Å²) in [4.78, 5) is 25.4. The largest absolute Gasteiger partial charge is 0.288 e. The van der Waals surface area contributed by atoms with Gasteiger partial charge >= 0.3 is 0 Å². The van der Waals surface area contributed by atoms with Crippen molar-refractivity contribution in [3.05, 3.63) is 83.1 Å². The first kappa shape index (κ1) is 16.7. The minimum absolute atomic E-state index is 0.146. The summed E-state index contributed by atoms with van der Waals surface area (Å²) in [5.74, 6) is -0.529. The van der Waals surface area contributed by atoms with Gasteiger partial charge < -0.3 is 0 Å². The molecule has 0 saturated carbocycles. The van der Waals surface area contributed by atoms with Gasteiger partial charge in [0.15, 0.2) is 11.6 Å². The van der Waals surface area contributed by atoms with Crippen molar-refractivity contribution in [2.75, 3.05) is 0 Å². The second-order valence-electron chi connectivity index (χ2n) is 6.23. The predicted octanol–water partition coefficient (Wildman–Crippen LogP) is 3.93. The molecule has 0 unspecified atom stereocenters. The minimum Gasteiger partial charge on any atom is -0.288 e. The molecule has 0 bridgehead atoms. The van der Waals surface area contributed by atoms with Crippen LogP contribution in [0.1, 0.15) is 32.7 Å². The van der Waals surface area contributed by atoms with E-state index in [4.69, 9.17) is 5.26 Å². The quantitative estimate of drug-likeness (QED) is 0.526. The summed E-state index contributed by atoms with van der Waals surface area (Å²) in [6, 6.07) is 18.5. The van der Waals surface area contributed by atoms with E-state index in [0.717, 1.165) is 5.56 Å². The number of nitriles is 1. The van der Waals surface area contributed by atoms with E-state index in [2.05, 4.69) is 11.2 Å². The van der Waals surface area contributed by atoms with Gasteiger partial charge in [-0.1, -0.05) is 54.6 Å². The van der Waals surface area contributed by atoms with Crippen LogP contribution in [0.15, 0.2) is 66.4 Å². The fraction of sp³-hybridized carbons (Fsp3) is 0.0909. The van der Waals surface area contributed by atoms with E-state index in [0.29, 0.717) is 35.3 Å². The van der Waals surface area contributed by atoms with Crippen molar-refractivity contribution < 1.29 is 9.59 Å². The van der Waals surface area contributed by atoms with Crippen molar-refractivity contribution in [3.8, 4) is 17.3 Å². The number of aromatic nitrogens is 2. The van der Waals surface area contributed by atoms with Crippen molar-refractivity contribution in [2.24, 2.45) is 0 Å². The fourth-order valence-electron chi connectivity index (χ4n) is 3.20. The first-order valence-electron chi connectivity index (χ1n) is 8.59. The molecule has 4 rings (SSSR count). The Balaban J connectivity index is 1.81. The third-order valence-electron chi connectivity index (χ3n) is 4.50. The van der Waals surface area contributed by atoms with E-state index in [-0.39, 0.29) is 17.1 Å². The highest BCUT2D eigenvalue weighted by Crippen LogP contribution is 2.30. The number of rotatable bonds is 4. The molecule has 1 aliphatic carbocycles. The second-order valence-corrected chi connectivity index (χ2v) is 6.23. The number of carbonyl (C=O) groups excluding carboxylic acids is 2. The Labute approximate surface area is 156 Å². The zero-order valence-electron chi connectivity index (χ0n) is 14.4. The van der Waals surface area contributed by atoms with Gasteiger partial charge in [0.2, 0.25) is 0 Å². The molecule has 0 fully saturated rings. The summed E-state index contributed by atoms with van der Waals surface area (Å²) >= 11 is 0. The van der Waals surface area contributed by atoms with Crippen molar-refractivity contribution in [1.82, 2.24) is 9.78 Å². The summed E-state index contributed by atoms with van der Waals surface area (Å²) in [5, 5.41) is 13.4. The van der Waals surface area contributed by atoms with E-state index in [9.17, 15) is 9.59 Å². The molecule has 0 radical (unpaired) electrons. The van der Waals surface area contributed by atoms with Gasteiger partial charge in [-0.3, -0.25) is 14.3 Å². The minimum atomic E-state index is -0.264. The maximum absolute atomic E-state index is 12.7. The molecular formula is C22H15N3O2. The van der Waals surface area contributed by atoms with Gasteiger partial charge in [0.1, 0.15) is 0 Å². The number of allylic oxidation sites excluding steroid dienone is 1. The standard InChI is InChI=1S/C22H15N3O2/c23-11-6-12-25-14-16(20(24-25)15-7-2-1-3-8-15)13-19-21(26)17-9-4-5-10-18(17)22(19)27/h1-5,7-10,13-14H,6,12H2.